The van der Waals surface area contributed by atoms with Gasteiger partial charge in [-0.3, -0.25) is 9.78 Å². The Morgan fingerprint density at radius 1 is 1.13 bits per heavy atom. The molecule has 2 aromatic heterocycles. The molecule has 1 unspecified atom stereocenters. The van der Waals surface area contributed by atoms with Crippen LogP contribution in [0, 0.1) is 0 Å². The Kier molecular flexibility index (Phi) is 3.44. The SMILES string of the molecule is O=C1CC(c2cccnc2)C2(CCN(c3ncccn3)CC2)N1. The van der Waals surface area contributed by atoms with Gasteiger partial charge in [0.2, 0.25) is 11.9 Å². The van der Waals surface area contributed by atoms with E-state index in [9.17, 15) is 4.79 Å². The lowest BCUT2D eigenvalue weighted by molar-refractivity contribution is -0.119. The summed E-state index contributed by atoms with van der Waals surface area (Å²) in [7, 11) is 0. The topological polar surface area (TPSA) is 71.0 Å². The number of nitrogens with zero attached hydrogens (tertiary/aromatic N) is 4. The zero-order valence-corrected chi connectivity index (χ0v) is 12.9. The second-order valence-electron chi connectivity index (χ2n) is 6.28. The number of pyridine rings is 1. The van der Waals surface area contributed by atoms with Crippen molar-refractivity contribution >= 4 is 11.9 Å². The summed E-state index contributed by atoms with van der Waals surface area (Å²) in [5.74, 6) is 1.11. The summed E-state index contributed by atoms with van der Waals surface area (Å²) in [4.78, 5) is 27.2. The van der Waals surface area contributed by atoms with Crippen LogP contribution in [-0.2, 0) is 4.79 Å². The molecule has 2 fully saturated rings. The minimum atomic E-state index is -0.161. The number of carbonyl (C=O) groups excluding carboxylic acids is 1. The largest absolute Gasteiger partial charge is 0.350 e. The molecule has 0 saturated carbocycles. The van der Waals surface area contributed by atoms with Crippen molar-refractivity contribution in [2.45, 2.75) is 30.7 Å². The van der Waals surface area contributed by atoms with Crippen molar-refractivity contribution in [1.29, 1.82) is 0 Å². The van der Waals surface area contributed by atoms with Gasteiger partial charge in [-0.15, -0.1) is 0 Å². The summed E-state index contributed by atoms with van der Waals surface area (Å²) in [6.07, 6.45) is 9.54. The monoisotopic (exact) mass is 309 g/mol. The van der Waals surface area contributed by atoms with Crippen molar-refractivity contribution in [3.05, 3.63) is 48.5 Å². The number of rotatable bonds is 2. The lowest BCUT2D eigenvalue weighted by Crippen LogP contribution is -2.53. The van der Waals surface area contributed by atoms with Gasteiger partial charge in [-0.05, 0) is 30.5 Å². The molecule has 2 aliphatic heterocycles. The maximum atomic E-state index is 12.1. The average Bonchev–Trinajstić information content (AvgIpc) is 2.93. The maximum absolute atomic E-state index is 12.1. The third kappa shape index (κ3) is 2.54. The molecule has 1 spiro atoms. The van der Waals surface area contributed by atoms with Crippen molar-refractivity contribution in [2.75, 3.05) is 18.0 Å². The Balaban J connectivity index is 1.56. The van der Waals surface area contributed by atoms with Crippen LogP contribution in [0.4, 0.5) is 5.95 Å². The lowest BCUT2D eigenvalue weighted by Gasteiger charge is -2.42. The summed E-state index contributed by atoms with van der Waals surface area (Å²) >= 11 is 0. The molecule has 0 bridgehead atoms. The molecule has 0 aromatic carbocycles. The Hall–Kier alpha value is -2.50. The normalized spacial score (nSPS) is 23.0. The van der Waals surface area contributed by atoms with Gasteiger partial charge in [0.1, 0.15) is 0 Å². The third-order valence-electron chi connectivity index (χ3n) is 5.02. The molecule has 2 saturated heterocycles. The van der Waals surface area contributed by atoms with Crippen LogP contribution >= 0.6 is 0 Å². The molecule has 2 aliphatic rings. The number of hydrogen-bond donors (Lipinski definition) is 1. The average molecular weight is 309 g/mol. The molecule has 1 atom stereocenters. The van der Waals surface area contributed by atoms with Crippen molar-refractivity contribution < 1.29 is 4.79 Å². The molecule has 2 aromatic rings. The highest BCUT2D eigenvalue weighted by atomic mass is 16.2. The third-order valence-corrected chi connectivity index (χ3v) is 5.02. The second kappa shape index (κ2) is 5.61. The zero-order valence-electron chi connectivity index (χ0n) is 12.9. The van der Waals surface area contributed by atoms with Crippen molar-refractivity contribution in [2.24, 2.45) is 0 Å². The molecule has 6 nitrogen and oxygen atoms in total. The Morgan fingerprint density at radius 2 is 1.91 bits per heavy atom. The summed E-state index contributed by atoms with van der Waals surface area (Å²) in [6.45, 7) is 1.70. The van der Waals surface area contributed by atoms with Crippen LogP contribution in [0.3, 0.4) is 0 Å². The van der Waals surface area contributed by atoms with Crippen LogP contribution in [-0.4, -0.2) is 39.5 Å². The molecular weight excluding hydrogens is 290 g/mol. The van der Waals surface area contributed by atoms with E-state index in [1.54, 1.807) is 18.6 Å². The number of amides is 1. The molecule has 1 amide bonds. The molecule has 0 radical (unpaired) electrons. The standard InChI is InChI=1S/C17H19N5O/c23-15-11-14(13-3-1-6-18-12-13)17(21-15)4-9-22(10-5-17)16-19-7-2-8-20-16/h1-3,6-8,12,14H,4-5,9-11H2,(H,21,23). The predicted molar refractivity (Wildman–Crippen MR) is 85.9 cm³/mol. The van der Waals surface area contributed by atoms with Gasteiger partial charge in [0.25, 0.3) is 0 Å². The van der Waals surface area contributed by atoms with Gasteiger partial charge in [-0.2, -0.15) is 0 Å². The van der Waals surface area contributed by atoms with Gasteiger partial charge in [0.05, 0.1) is 5.54 Å². The first-order valence-corrected chi connectivity index (χ1v) is 8.00. The number of hydrogen-bond acceptors (Lipinski definition) is 5. The molecular formula is C17H19N5O. The number of carbonyl (C=O) groups is 1. The van der Waals surface area contributed by atoms with E-state index in [0.29, 0.717) is 6.42 Å². The lowest BCUT2D eigenvalue weighted by atomic mass is 9.75. The van der Waals surface area contributed by atoms with Gasteiger partial charge in [0.15, 0.2) is 0 Å². The van der Waals surface area contributed by atoms with Crippen LogP contribution < -0.4 is 10.2 Å². The molecule has 0 aliphatic carbocycles. The number of anilines is 1. The molecule has 23 heavy (non-hydrogen) atoms. The zero-order chi connectivity index (χ0) is 15.7. The second-order valence-corrected chi connectivity index (χ2v) is 6.28. The Morgan fingerprint density at radius 3 is 2.61 bits per heavy atom. The van der Waals surface area contributed by atoms with Crippen molar-refractivity contribution in [1.82, 2.24) is 20.3 Å². The van der Waals surface area contributed by atoms with Crippen molar-refractivity contribution in [3.63, 3.8) is 0 Å². The first-order valence-electron chi connectivity index (χ1n) is 8.00. The van der Waals surface area contributed by atoms with E-state index >= 15 is 0 Å². The van der Waals surface area contributed by atoms with Gasteiger partial charge in [-0.1, -0.05) is 6.07 Å². The van der Waals surface area contributed by atoms with E-state index in [4.69, 9.17) is 0 Å². The van der Waals surface area contributed by atoms with Crippen LogP contribution in [0.1, 0.15) is 30.7 Å². The number of aromatic nitrogens is 3. The highest BCUT2D eigenvalue weighted by Crippen LogP contribution is 2.43. The minimum absolute atomic E-state index is 0.142. The fourth-order valence-corrected chi connectivity index (χ4v) is 3.85. The van der Waals surface area contributed by atoms with Crippen LogP contribution in [0.5, 0.6) is 0 Å². The molecule has 6 heteroatoms. The summed E-state index contributed by atoms with van der Waals surface area (Å²) < 4.78 is 0. The van der Waals surface area contributed by atoms with E-state index in [2.05, 4.69) is 31.2 Å². The van der Waals surface area contributed by atoms with Crippen LogP contribution in [0.2, 0.25) is 0 Å². The highest BCUT2D eigenvalue weighted by Gasteiger charge is 2.48. The quantitative estimate of drug-likeness (QED) is 0.910. The summed E-state index contributed by atoms with van der Waals surface area (Å²) in [6, 6.07) is 5.84. The van der Waals surface area contributed by atoms with Crippen LogP contribution in [0.25, 0.3) is 0 Å². The Bertz CT molecular complexity index is 683. The molecule has 4 rings (SSSR count). The van der Waals surface area contributed by atoms with E-state index in [-0.39, 0.29) is 17.4 Å². The molecule has 1 N–H and O–H groups in total. The summed E-state index contributed by atoms with van der Waals surface area (Å²) in [5.41, 5.74) is 0.987. The van der Waals surface area contributed by atoms with Gasteiger partial charge in [0, 0.05) is 50.2 Å². The first-order chi connectivity index (χ1) is 11.3. The molecule has 4 heterocycles. The van der Waals surface area contributed by atoms with Gasteiger partial charge in [-0.25, -0.2) is 9.97 Å². The van der Waals surface area contributed by atoms with Gasteiger partial charge >= 0.3 is 0 Å². The Labute approximate surface area is 135 Å². The number of piperidine rings is 1. The van der Waals surface area contributed by atoms with Crippen molar-refractivity contribution in [3.8, 4) is 0 Å². The summed E-state index contributed by atoms with van der Waals surface area (Å²) in [5, 5.41) is 3.26. The smallest absolute Gasteiger partial charge is 0.225 e. The number of nitrogens with one attached hydrogen (secondary N) is 1. The van der Waals surface area contributed by atoms with Gasteiger partial charge < -0.3 is 10.2 Å². The van der Waals surface area contributed by atoms with E-state index in [1.807, 2.05) is 18.3 Å². The maximum Gasteiger partial charge on any atom is 0.225 e. The highest BCUT2D eigenvalue weighted by molar-refractivity contribution is 5.81. The van der Waals surface area contributed by atoms with Crippen LogP contribution in [0.15, 0.2) is 43.0 Å². The fraction of sp³-hybridized carbons (Fsp3) is 0.412. The predicted octanol–water partition coefficient (Wildman–Crippen LogP) is 1.51. The fourth-order valence-electron chi connectivity index (χ4n) is 3.85. The first kappa shape index (κ1) is 14.1. The van der Waals surface area contributed by atoms with E-state index < -0.39 is 0 Å². The van der Waals surface area contributed by atoms with E-state index in [1.165, 1.54) is 0 Å². The minimum Gasteiger partial charge on any atom is -0.350 e. The van der Waals surface area contributed by atoms with E-state index in [0.717, 1.165) is 37.4 Å². The molecule has 118 valence electrons.